The van der Waals surface area contributed by atoms with Crippen molar-refractivity contribution in [2.75, 3.05) is 0 Å². The first-order chi connectivity index (χ1) is 10.7. The number of ether oxygens (including phenoxy) is 1. The summed E-state index contributed by atoms with van der Waals surface area (Å²) in [6.07, 6.45) is 1.93. The van der Waals surface area contributed by atoms with Crippen LogP contribution in [0.5, 0.6) is 0 Å². The highest BCUT2D eigenvalue weighted by molar-refractivity contribution is 9.10. The van der Waals surface area contributed by atoms with Gasteiger partial charge in [-0.15, -0.1) is 0 Å². The third-order valence-corrected chi connectivity index (χ3v) is 4.50. The van der Waals surface area contributed by atoms with Crippen molar-refractivity contribution in [2.24, 2.45) is 0 Å². The number of fused-ring (bicyclic) bond motifs is 2. The molecule has 0 aliphatic carbocycles. The predicted octanol–water partition coefficient (Wildman–Crippen LogP) is 5.27. The van der Waals surface area contributed by atoms with Crippen LogP contribution < -0.4 is 0 Å². The van der Waals surface area contributed by atoms with Crippen LogP contribution in [0.3, 0.4) is 0 Å². The Labute approximate surface area is 136 Å². The van der Waals surface area contributed by atoms with Gasteiger partial charge in [-0.2, -0.15) is 0 Å². The smallest absolute Gasteiger partial charge is 0.344 e. The van der Waals surface area contributed by atoms with Crippen LogP contribution in [0.1, 0.15) is 21.5 Å². The predicted molar refractivity (Wildman–Crippen MR) is 91.4 cm³/mol. The van der Waals surface area contributed by atoms with E-state index in [1.807, 2.05) is 48.5 Å². The van der Waals surface area contributed by atoms with Gasteiger partial charge in [0, 0.05) is 10.0 Å². The molecule has 0 unspecified atom stereocenters. The molecule has 3 aromatic carbocycles. The first-order valence-electron chi connectivity index (χ1n) is 6.94. The van der Waals surface area contributed by atoms with Crippen LogP contribution in [0.4, 0.5) is 0 Å². The van der Waals surface area contributed by atoms with Crippen molar-refractivity contribution < 1.29 is 9.53 Å². The molecule has 0 bridgehead atoms. The van der Waals surface area contributed by atoms with E-state index < -0.39 is 0 Å². The Morgan fingerprint density at radius 1 is 0.818 bits per heavy atom. The Hall–Kier alpha value is -2.39. The van der Waals surface area contributed by atoms with E-state index in [9.17, 15) is 4.79 Å². The minimum absolute atomic E-state index is 0.289. The van der Waals surface area contributed by atoms with Crippen molar-refractivity contribution in [3.05, 3.63) is 81.8 Å². The van der Waals surface area contributed by atoms with Crippen molar-refractivity contribution in [1.29, 1.82) is 0 Å². The number of carbonyl (C=O) groups is 1. The molecule has 0 fully saturated rings. The molecule has 22 heavy (non-hydrogen) atoms. The highest BCUT2D eigenvalue weighted by Crippen LogP contribution is 2.34. The van der Waals surface area contributed by atoms with Gasteiger partial charge in [0.2, 0.25) is 0 Å². The van der Waals surface area contributed by atoms with Crippen LogP contribution in [0.2, 0.25) is 0 Å². The molecule has 0 saturated carbocycles. The monoisotopic (exact) mass is 350 g/mol. The van der Waals surface area contributed by atoms with Gasteiger partial charge in [0.05, 0.1) is 5.56 Å². The second-order valence-corrected chi connectivity index (χ2v) is 5.98. The van der Waals surface area contributed by atoms with Gasteiger partial charge >= 0.3 is 5.97 Å². The molecule has 1 aliphatic heterocycles. The SMILES string of the molecule is O=C1O/C(=C\c2ccc(Br)c3ccccc23)c2ccccc21. The third kappa shape index (κ3) is 2.06. The maximum atomic E-state index is 11.9. The van der Waals surface area contributed by atoms with E-state index >= 15 is 0 Å². The molecule has 0 N–H and O–H groups in total. The number of cyclic esters (lactones) is 1. The molecule has 0 radical (unpaired) electrons. The molecule has 1 heterocycles. The van der Waals surface area contributed by atoms with Crippen LogP contribution in [-0.4, -0.2) is 5.97 Å². The molecule has 3 aromatic rings. The summed E-state index contributed by atoms with van der Waals surface area (Å²) in [6.45, 7) is 0. The molecule has 0 amide bonds. The zero-order chi connectivity index (χ0) is 15.1. The van der Waals surface area contributed by atoms with Crippen molar-refractivity contribution in [1.82, 2.24) is 0 Å². The maximum absolute atomic E-state index is 11.9. The molecule has 0 spiro atoms. The largest absolute Gasteiger partial charge is 0.422 e. The Kier molecular flexibility index (Phi) is 3.09. The number of benzene rings is 3. The fraction of sp³-hybridized carbons (Fsp3) is 0. The summed E-state index contributed by atoms with van der Waals surface area (Å²) >= 11 is 3.57. The minimum Gasteiger partial charge on any atom is -0.422 e. The Bertz CT molecular complexity index is 941. The molecular weight excluding hydrogens is 340 g/mol. The van der Waals surface area contributed by atoms with Crippen LogP contribution in [0.25, 0.3) is 22.6 Å². The van der Waals surface area contributed by atoms with Crippen LogP contribution in [0, 0.1) is 0 Å². The normalized spacial score (nSPS) is 15.1. The Morgan fingerprint density at radius 2 is 1.50 bits per heavy atom. The molecule has 0 aromatic heterocycles. The molecule has 1 aliphatic rings. The van der Waals surface area contributed by atoms with Gasteiger partial charge in [-0.1, -0.05) is 64.5 Å². The zero-order valence-electron chi connectivity index (χ0n) is 11.5. The zero-order valence-corrected chi connectivity index (χ0v) is 13.1. The van der Waals surface area contributed by atoms with Gasteiger partial charge in [0.25, 0.3) is 0 Å². The number of esters is 1. The summed E-state index contributed by atoms with van der Waals surface area (Å²) in [6, 6.07) is 19.6. The molecule has 0 saturated heterocycles. The van der Waals surface area contributed by atoms with Crippen molar-refractivity contribution in [3.8, 4) is 0 Å². The molecule has 3 heteroatoms. The van der Waals surface area contributed by atoms with Crippen molar-refractivity contribution in [2.45, 2.75) is 0 Å². The summed E-state index contributed by atoms with van der Waals surface area (Å²) in [4.78, 5) is 11.9. The van der Waals surface area contributed by atoms with E-state index in [4.69, 9.17) is 4.74 Å². The summed E-state index contributed by atoms with van der Waals surface area (Å²) in [5, 5.41) is 2.25. The second kappa shape index (κ2) is 5.11. The molecular formula is C19H11BrO2. The van der Waals surface area contributed by atoms with E-state index in [2.05, 4.69) is 28.1 Å². The standard InChI is InChI=1S/C19H11BrO2/c20-17-10-9-12(13-5-1-2-6-14(13)17)11-18-15-7-3-4-8-16(15)19(21)22-18/h1-11H/b18-11-. The van der Waals surface area contributed by atoms with Gasteiger partial charge in [-0.25, -0.2) is 4.79 Å². The number of halogens is 1. The average molecular weight is 351 g/mol. The van der Waals surface area contributed by atoms with Crippen LogP contribution in [-0.2, 0) is 4.74 Å². The Balaban J connectivity index is 1.92. The lowest BCUT2D eigenvalue weighted by Gasteiger charge is -2.06. The first kappa shape index (κ1) is 13.3. The maximum Gasteiger partial charge on any atom is 0.344 e. The summed E-state index contributed by atoms with van der Waals surface area (Å²) in [5.41, 5.74) is 2.49. The van der Waals surface area contributed by atoms with Gasteiger partial charge in [-0.3, -0.25) is 0 Å². The molecule has 106 valence electrons. The number of rotatable bonds is 1. The van der Waals surface area contributed by atoms with Crippen molar-refractivity contribution in [3.63, 3.8) is 0 Å². The molecule has 2 nitrogen and oxygen atoms in total. The lowest BCUT2D eigenvalue weighted by atomic mass is 10.0. The summed E-state index contributed by atoms with van der Waals surface area (Å²) in [7, 11) is 0. The van der Waals surface area contributed by atoms with E-state index in [0.717, 1.165) is 26.4 Å². The Morgan fingerprint density at radius 3 is 2.32 bits per heavy atom. The van der Waals surface area contributed by atoms with Crippen LogP contribution in [0.15, 0.2) is 65.1 Å². The second-order valence-electron chi connectivity index (χ2n) is 5.13. The highest BCUT2D eigenvalue weighted by atomic mass is 79.9. The number of hydrogen-bond donors (Lipinski definition) is 0. The van der Waals surface area contributed by atoms with E-state index in [-0.39, 0.29) is 5.97 Å². The lowest BCUT2D eigenvalue weighted by molar-refractivity contribution is 0.0717. The van der Waals surface area contributed by atoms with E-state index in [1.165, 1.54) is 0 Å². The quantitative estimate of drug-likeness (QED) is 0.558. The third-order valence-electron chi connectivity index (χ3n) is 3.81. The topological polar surface area (TPSA) is 26.3 Å². The van der Waals surface area contributed by atoms with E-state index in [0.29, 0.717) is 11.3 Å². The molecule has 4 rings (SSSR count). The van der Waals surface area contributed by atoms with Gasteiger partial charge in [-0.05, 0) is 34.5 Å². The number of hydrogen-bond acceptors (Lipinski definition) is 2. The first-order valence-corrected chi connectivity index (χ1v) is 7.74. The minimum atomic E-state index is -0.289. The fourth-order valence-corrected chi connectivity index (χ4v) is 3.22. The fourth-order valence-electron chi connectivity index (χ4n) is 2.75. The highest BCUT2D eigenvalue weighted by Gasteiger charge is 2.25. The summed E-state index contributed by atoms with van der Waals surface area (Å²) in [5.74, 6) is 0.316. The lowest BCUT2D eigenvalue weighted by Crippen LogP contribution is -1.92. The van der Waals surface area contributed by atoms with Gasteiger partial charge < -0.3 is 4.74 Å². The van der Waals surface area contributed by atoms with Gasteiger partial charge in [0.1, 0.15) is 5.76 Å². The van der Waals surface area contributed by atoms with E-state index in [1.54, 1.807) is 6.07 Å². The number of carbonyl (C=O) groups excluding carboxylic acids is 1. The average Bonchev–Trinajstić information content (AvgIpc) is 2.87. The van der Waals surface area contributed by atoms with Crippen LogP contribution >= 0.6 is 15.9 Å². The van der Waals surface area contributed by atoms with Gasteiger partial charge in [0.15, 0.2) is 0 Å². The molecule has 0 atom stereocenters. The summed E-state index contributed by atoms with van der Waals surface area (Å²) < 4.78 is 6.48. The van der Waals surface area contributed by atoms with Crippen molar-refractivity contribution >= 4 is 44.5 Å².